The molecule has 0 saturated carbocycles. The molecule has 3 aromatic rings. The lowest BCUT2D eigenvalue weighted by molar-refractivity contribution is -0.550. The lowest BCUT2D eigenvalue weighted by Crippen LogP contribution is -2.82. The fraction of sp³-hybridized carbons (Fsp3) is 0. The Morgan fingerprint density at radius 1 is 0.931 bits per heavy atom. The first-order valence-electron chi connectivity index (χ1n) is 9.58. The van der Waals surface area contributed by atoms with Gasteiger partial charge in [0.25, 0.3) is 5.82 Å². The zero-order valence-corrected chi connectivity index (χ0v) is 15.2. The van der Waals surface area contributed by atoms with Crippen LogP contribution in [0.2, 0.25) is 0 Å². The summed E-state index contributed by atoms with van der Waals surface area (Å²) in [5.74, 6) is 2.46. The summed E-state index contributed by atoms with van der Waals surface area (Å²) in [5.41, 5.74) is 3.15. The molecule has 0 saturated heterocycles. The van der Waals surface area contributed by atoms with Gasteiger partial charge in [-0.1, -0.05) is 36.4 Å². The van der Waals surface area contributed by atoms with Gasteiger partial charge in [-0.2, -0.15) is 0 Å². The van der Waals surface area contributed by atoms with Crippen LogP contribution in [-0.2, 0) is 0 Å². The largest absolute Gasteiger partial charge is 0.574 e. The summed E-state index contributed by atoms with van der Waals surface area (Å²) in [4.78, 5) is 8.24. The van der Waals surface area contributed by atoms with E-state index in [4.69, 9.17) is 9.73 Å². The highest BCUT2D eigenvalue weighted by molar-refractivity contribution is 6.73. The number of aromatic nitrogens is 1. The monoisotopic (exact) mass is 380 g/mol. The van der Waals surface area contributed by atoms with E-state index >= 15 is 4.32 Å². The number of halogens is 1. The summed E-state index contributed by atoms with van der Waals surface area (Å²) in [5, 5.41) is 0. The van der Waals surface area contributed by atoms with Crippen molar-refractivity contribution in [3.05, 3.63) is 90.7 Å². The topological polar surface area (TPSA) is 31.9 Å². The van der Waals surface area contributed by atoms with Gasteiger partial charge in [0, 0.05) is 29.6 Å². The Kier molecular flexibility index (Phi) is 2.57. The van der Waals surface area contributed by atoms with Crippen LogP contribution in [0.15, 0.2) is 90.1 Å². The normalized spacial score (nSPS) is 21.8. The molecule has 29 heavy (non-hydrogen) atoms. The van der Waals surface area contributed by atoms with Gasteiger partial charge in [0.1, 0.15) is 11.5 Å². The van der Waals surface area contributed by atoms with Crippen molar-refractivity contribution < 1.29 is 13.5 Å². The average Bonchev–Trinajstić information content (AvgIpc) is 2.76. The number of hydrogen-bond acceptors (Lipinski definition) is 4. The van der Waals surface area contributed by atoms with Gasteiger partial charge >= 0.3 is 6.83 Å². The molecule has 0 fully saturated rings. The Labute approximate surface area is 166 Å². The molecule has 4 aliphatic rings. The first kappa shape index (κ1) is 15.1. The number of fused-ring (bicyclic) bond motifs is 6. The Hall–Kier alpha value is -3.87. The van der Waals surface area contributed by atoms with Crippen molar-refractivity contribution in [1.29, 1.82) is 0 Å². The van der Waals surface area contributed by atoms with Crippen LogP contribution >= 0.6 is 0 Å². The van der Waals surface area contributed by atoms with Crippen LogP contribution in [0.1, 0.15) is 5.56 Å². The number of para-hydroxylation sites is 3. The first-order valence-corrected chi connectivity index (χ1v) is 9.58. The van der Waals surface area contributed by atoms with Crippen molar-refractivity contribution in [2.45, 2.75) is 0 Å². The van der Waals surface area contributed by atoms with Crippen LogP contribution < -0.4 is 14.0 Å². The number of pyridine rings is 1. The van der Waals surface area contributed by atoms with Gasteiger partial charge in [-0.25, -0.2) is 0 Å². The number of hydrogen-bond donors (Lipinski definition) is 0. The van der Waals surface area contributed by atoms with Crippen molar-refractivity contribution in [3.63, 3.8) is 0 Å². The molecule has 1 aromatic heterocycles. The van der Waals surface area contributed by atoms with Crippen LogP contribution in [0.25, 0.3) is 5.70 Å². The van der Waals surface area contributed by atoms with E-state index in [0.29, 0.717) is 28.8 Å². The van der Waals surface area contributed by atoms with Crippen LogP contribution in [0.3, 0.4) is 0 Å². The average molecular weight is 380 g/mol. The van der Waals surface area contributed by atoms with E-state index in [1.807, 2.05) is 78.9 Å². The van der Waals surface area contributed by atoms with Crippen molar-refractivity contribution in [3.8, 4) is 11.5 Å². The Morgan fingerprint density at radius 2 is 1.79 bits per heavy atom. The van der Waals surface area contributed by atoms with Crippen molar-refractivity contribution in [1.82, 2.24) is 4.81 Å². The van der Waals surface area contributed by atoms with Crippen molar-refractivity contribution >= 4 is 35.6 Å². The lowest BCUT2D eigenvalue weighted by Gasteiger charge is -2.57. The molecule has 5 nitrogen and oxygen atoms in total. The second-order valence-electron chi connectivity index (χ2n) is 7.45. The second kappa shape index (κ2) is 4.94. The van der Waals surface area contributed by atoms with Gasteiger partial charge in [0.05, 0.1) is 11.4 Å². The highest BCUT2D eigenvalue weighted by atomic mass is 19.1. The summed E-state index contributed by atoms with van der Waals surface area (Å²) in [6, 6.07) is 19.0. The summed E-state index contributed by atoms with van der Waals surface area (Å²) in [7, 11) is 0. The fourth-order valence-electron chi connectivity index (χ4n) is 4.85. The number of ether oxygens (including phenoxy) is 1. The highest BCUT2D eigenvalue weighted by Gasteiger charge is 2.59. The van der Waals surface area contributed by atoms with Gasteiger partial charge < -0.3 is 23.2 Å². The number of amidine groups is 1. The number of benzene rings is 2. The number of allylic oxidation sites excluding steroid dienone is 2. The van der Waals surface area contributed by atoms with E-state index in [9.17, 15) is 0 Å². The van der Waals surface area contributed by atoms with Crippen LogP contribution in [0.5, 0.6) is 11.5 Å². The van der Waals surface area contributed by atoms with Gasteiger partial charge in [-0.3, -0.25) is 0 Å². The van der Waals surface area contributed by atoms with E-state index in [1.54, 1.807) is 20.3 Å². The third-order valence-electron chi connectivity index (χ3n) is 5.97. The first-order chi connectivity index (χ1) is 14.3. The fourth-order valence-corrected chi connectivity index (χ4v) is 4.85. The molecule has 7 heteroatoms. The Bertz CT molecular complexity index is 1330. The zero-order chi connectivity index (χ0) is 19.2. The van der Waals surface area contributed by atoms with Crippen molar-refractivity contribution in [2.75, 3.05) is 4.81 Å². The molecule has 0 amide bonds. The van der Waals surface area contributed by atoms with E-state index in [-0.39, 0.29) is 0 Å². The maximum absolute atomic E-state index is 17.6. The molecule has 0 aliphatic carbocycles. The summed E-state index contributed by atoms with van der Waals surface area (Å²) in [6.45, 7) is -2.94. The zero-order valence-electron chi connectivity index (χ0n) is 15.2. The maximum atomic E-state index is 17.6. The molecule has 7 rings (SSSR count). The molecular formula is C22H14BFN4O. The summed E-state index contributed by atoms with van der Waals surface area (Å²) in [6.07, 6.45) is 7.48. The molecular weight excluding hydrogens is 366 g/mol. The highest BCUT2D eigenvalue weighted by Crippen LogP contribution is 2.56. The minimum Gasteiger partial charge on any atom is -0.453 e. The maximum Gasteiger partial charge on any atom is 0.574 e. The molecule has 1 atom stereocenters. The third kappa shape index (κ3) is 1.67. The Balaban J connectivity index is 1.67. The third-order valence-corrected chi connectivity index (χ3v) is 5.97. The van der Waals surface area contributed by atoms with Crippen LogP contribution in [-0.4, -0.2) is 17.5 Å². The molecule has 0 N–H and O–H groups in total. The quantitative estimate of drug-likeness (QED) is 0.541. The minimum atomic E-state index is -2.94. The molecule has 0 spiro atoms. The van der Waals surface area contributed by atoms with Crippen LogP contribution in [0.4, 0.5) is 21.5 Å². The predicted molar refractivity (Wildman–Crippen MR) is 110 cm³/mol. The van der Waals surface area contributed by atoms with Gasteiger partial charge in [0.2, 0.25) is 5.84 Å². The number of aliphatic imine (C=N–C) groups is 1. The van der Waals surface area contributed by atoms with E-state index < -0.39 is 6.83 Å². The SMILES string of the molecule is F[B-]12N3C(=CC=CC3=Nc3cccc[n+]31)c1cccc3c1N2c1ccccc1O3. The molecule has 5 heterocycles. The van der Waals surface area contributed by atoms with E-state index in [0.717, 1.165) is 16.9 Å². The minimum absolute atomic E-state index is 0.581. The predicted octanol–water partition coefficient (Wildman–Crippen LogP) is 4.44. The molecule has 4 aliphatic heterocycles. The van der Waals surface area contributed by atoms with Crippen molar-refractivity contribution in [2.24, 2.45) is 4.99 Å². The smallest absolute Gasteiger partial charge is 0.453 e. The number of nitrogens with zero attached hydrogens (tertiary/aromatic N) is 4. The molecule has 138 valence electrons. The molecule has 0 bridgehead atoms. The lowest BCUT2D eigenvalue weighted by atomic mass is 9.70. The number of rotatable bonds is 0. The molecule has 1 unspecified atom stereocenters. The standard InChI is InChI=1S/C22H14BFN4O/c24-23-26-14-4-3-12-20(26)25-21-13-6-9-16(27(21)23)15-7-5-11-19-22(15)28(23)17-8-1-2-10-18(17)29-19/h1-14H. The molecule has 2 aromatic carbocycles. The van der Waals surface area contributed by atoms with Gasteiger partial charge in [-0.15, -0.1) is 0 Å². The summed E-state index contributed by atoms with van der Waals surface area (Å²) >= 11 is 0. The van der Waals surface area contributed by atoms with Crippen LogP contribution in [0, 0.1) is 0 Å². The van der Waals surface area contributed by atoms with Gasteiger partial charge in [0.15, 0.2) is 0 Å². The van der Waals surface area contributed by atoms with Gasteiger partial charge in [-0.05, 0) is 35.3 Å². The van der Waals surface area contributed by atoms with E-state index in [1.165, 1.54) is 0 Å². The summed E-state index contributed by atoms with van der Waals surface area (Å²) < 4.78 is 25.4. The second-order valence-corrected chi connectivity index (χ2v) is 7.45. The molecule has 0 radical (unpaired) electrons. The van der Waals surface area contributed by atoms with E-state index in [2.05, 4.69) is 0 Å². The number of anilines is 2. The Morgan fingerprint density at radius 3 is 2.76 bits per heavy atom.